The van der Waals surface area contributed by atoms with Gasteiger partial charge < -0.3 is 10.6 Å². The molecule has 2 aromatic heterocycles. The van der Waals surface area contributed by atoms with Gasteiger partial charge in [-0.25, -0.2) is 13.5 Å². The molecule has 0 aliphatic carbocycles. The van der Waals surface area contributed by atoms with Gasteiger partial charge in [0.15, 0.2) is 0 Å². The van der Waals surface area contributed by atoms with Crippen LogP contribution in [0.3, 0.4) is 0 Å². The molecule has 5 nitrogen and oxygen atoms in total. The van der Waals surface area contributed by atoms with Crippen LogP contribution in [-0.2, 0) is 0 Å². The summed E-state index contributed by atoms with van der Waals surface area (Å²) in [5.74, 6) is -1.37. The minimum Gasteiger partial charge on any atom is -0.354 e. The van der Waals surface area contributed by atoms with Crippen molar-refractivity contribution >= 4 is 51.1 Å². The van der Waals surface area contributed by atoms with Gasteiger partial charge in [0.2, 0.25) is 0 Å². The van der Waals surface area contributed by atoms with Crippen molar-refractivity contribution in [2.45, 2.75) is 0 Å². The maximum Gasteiger partial charge on any atom is 0.261 e. The molecule has 0 aliphatic heterocycles. The van der Waals surface area contributed by atoms with Crippen LogP contribution in [0.2, 0.25) is 5.02 Å². The number of aromatic nitrogens is 2. The first kappa shape index (κ1) is 18.4. The van der Waals surface area contributed by atoms with Gasteiger partial charge in [0.1, 0.15) is 11.6 Å². The van der Waals surface area contributed by atoms with Crippen molar-refractivity contribution in [2.24, 2.45) is 0 Å². The number of halogens is 3. The van der Waals surface area contributed by atoms with Crippen LogP contribution < -0.4 is 10.6 Å². The van der Waals surface area contributed by atoms with Gasteiger partial charge in [-0.05, 0) is 24.3 Å². The predicted octanol–water partition coefficient (Wildman–Crippen LogP) is 5.12. The molecule has 0 saturated carbocycles. The summed E-state index contributed by atoms with van der Waals surface area (Å²) in [6.45, 7) is 0. The molecule has 0 spiro atoms. The highest BCUT2D eigenvalue weighted by Crippen LogP contribution is 2.32. The summed E-state index contributed by atoms with van der Waals surface area (Å²) in [7, 11) is 1.55. The number of carbonyl (C=O) groups excluding carboxylic acids is 1. The summed E-state index contributed by atoms with van der Waals surface area (Å²) in [4.78, 5) is 12.3. The van der Waals surface area contributed by atoms with E-state index in [-0.39, 0.29) is 22.3 Å². The molecule has 0 unspecified atom stereocenters. The molecular formula is C19H13ClF2N4OS. The highest BCUT2D eigenvalue weighted by atomic mass is 35.5. The van der Waals surface area contributed by atoms with E-state index in [0.29, 0.717) is 21.5 Å². The van der Waals surface area contributed by atoms with Gasteiger partial charge in [0.25, 0.3) is 5.91 Å². The lowest BCUT2D eigenvalue weighted by Gasteiger charge is -2.11. The molecule has 0 saturated heterocycles. The summed E-state index contributed by atoms with van der Waals surface area (Å²) in [5, 5.41) is 12.1. The first-order valence-electron chi connectivity index (χ1n) is 8.17. The van der Waals surface area contributed by atoms with E-state index < -0.39 is 11.6 Å². The van der Waals surface area contributed by atoms with Gasteiger partial charge in [-0.1, -0.05) is 17.7 Å². The van der Waals surface area contributed by atoms with Gasteiger partial charge in [-0.15, -0.1) is 11.3 Å². The lowest BCUT2D eigenvalue weighted by Crippen LogP contribution is -2.16. The molecule has 142 valence electrons. The molecule has 1 amide bonds. The second kappa shape index (κ2) is 7.21. The zero-order chi connectivity index (χ0) is 19.8. The number of fused-ring (bicyclic) bond motifs is 1. The maximum absolute atomic E-state index is 14.7. The molecule has 4 rings (SSSR count). The van der Waals surface area contributed by atoms with Crippen molar-refractivity contribution in [3.05, 3.63) is 69.5 Å². The predicted molar refractivity (Wildman–Crippen MR) is 107 cm³/mol. The Labute approximate surface area is 167 Å². The molecule has 0 fully saturated rings. The third-order valence-electron chi connectivity index (χ3n) is 4.16. The Morgan fingerprint density at radius 1 is 1.21 bits per heavy atom. The second-order valence-electron chi connectivity index (χ2n) is 5.92. The standard InChI is InChI=1S/C19H13ClF2N4OS/c1-23-19(27)17-6-11(9-28-17)26-16-7-14(22)15(5-10(16)8-24-26)25-18-12(20)3-2-4-13(18)21/h2-9,25H,1H3,(H,23,27). The lowest BCUT2D eigenvalue weighted by atomic mass is 10.2. The molecular weight excluding hydrogens is 406 g/mol. The number of hydrogen-bond donors (Lipinski definition) is 2. The fourth-order valence-electron chi connectivity index (χ4n) is 2.78. The molecule has 2 heterocycles. The van der Waals surface area contributed by atoms with Gasteiger partial charge in [0.05, 0.1) is 38.7 Å². The van der Waals surface area contributed by atoms with Crippen molar-refractivity contribution in [1.82, 2.24) is 15.1 Å². The maximum atomic E-state index is 14.7. The summed E-state index contributed by atoms with van der Waals surface area (Å²) in [6.07, 6.45) is 1.57. The second-order valence-corrected chi connectivity index (χ2v) is 7.24. The molecule has 4 aromatic rings. The largest absolute Gasteiger partial charge is 0.354 e. The van der Waals surface area contributed by atoms with E-state index in [0.717, 1.165) is 0 Å². The molecule has 0 aliphatic rings. The zero-order valence-corrected chi connectivity index (χ0v) is 16.0. The molecule has 0 atom stereocenters. The molecule has 2 aromatic carbocycles. The van der Waals surface area contributed by atoms with Gasteiger partial charge in [-0.3, -0.25) is 4.79 Å². The Balaban J connectivity index is 1.73. The normalized spacial score (nSPS) is 11.0. The number of anilines is 2. The minimum atomic E-state index is -0.588. The summed E-state index contributed by atoms with van der Waals surface area (Å²) in [6, 6.07) is 8.74. The minimum absolute atomic E-state index is 0.00265. The Bertz CT molecular complexity index is 1180. The van der Waals surface area contributed by atoms with Gasteiger partial charge in [-0.2, -0.15) is 5.10 Å². The van der Waals surface area contributed by atoms with E-state index in [1.165, 1.54) is 41.7 Å². The average Bonchev–Trinajstić information content (AvgIpc) is 3.31. The number of amides is 1. The quantitative estimate of drug-likeness (QED) is 0.483. The molecule has 9 heteroatoms. The van der Waals surface area contributed by atoms with E-state index in [1.807, 2.05) is 0 Å². The number of carbonyl (C=O) groups is 1. The van der Waals surface area contributed by atoms with Crippen LogP contribution >= 0.6 is 22.9 Å². The van der Waals surface area contributed by atoms with E-state index in [1.54, 1.807) is 29.4 Å². The molecule has 2 N–H and O–H groups in total. The van der Waals surface area contributed by atoms with Crippen LogP contribution in [0.4, 0.5) is 20.2 Å². The SMILES string of the molecule is CNC(=O)c1cc(-n2ncc3cc(Nc4c(F)cccc4Cl)c(F)cc32)cs1. The van der Waals surface area contributed by atoms with Crippen molar-refractivity contribution in [3.8, 4) is 5.69 Å². The third-order valence-corrected chi connectivity index (χ3v) is 5.39. The zero-order valence-electron chi connectivity index (χ0n) is 14.5. The van der Waals surface area contributed by atoms with Crippen LogP contribution in [0.15, 0.2) is 48.0 Å². The number of hydrogen-bond acceptors (Lipinski definition) is 4. The van der Waals surface area contributed by atoms with E-state index in [4.69, 9.17) is 11.6 Å². The highest BCUT2D eigenvalue weighted by molar-refractivity contribution is 7.12. The van der Waals surface area contributed by atoms with Crippen molar-refractivity contribution < 1.29 is 13.6 Å². The fraction of sp³-hybridized carbons (Fsp3) is 0.0526. The Morgan fingerprint density at radius 2 is 2.04 bits per heavy atom. The monoisotopic (exact) mass is 418 g/mol. The fourth-order valence-corrected chi connectivity index (χ4v) is 3.81. The van der Waals surface area contributed by atoms with Gasteiger partial charge >= 0.3 is 0 Å². The summed E-state index contributed by atoms with van der Waals surface area (Å²) < 4.78 is 30.2. The molecule has 28 heavy (non-hydrogen) atoms. The van der Waals surface area contributed by atoms with Crippen molar-refractivity contribution in [1.29, 1.82) is 0 Å². The molecule has 0 bridgehead atoms. The highest BCUT2D eigenvalue weighted by Gasteiger charge is 2.15. The topological polar surface area (TPSA) is 59.0 Å². The third kappa shape index (κ3) is 3.21. The summed E-state index contributed by atoms with van der Waals surface area (Å²) in [5.41, 5.74) is 1.25. The number of para-hydroxylation sites is 1. The van der Waals surface area contributed by atoms with Crippen LogP contribution in [0, 0.1) is 11.6 Å². The van der Waals surface area contributed by atoms with Crippen LogP contribution in [-0.4, -0.2) is 22.7 Å². The summed E-state index contributed by atoms with van der Waals surface area (Å²) >= 11 is 7.27. The van der Waals surface area contributed by atoms with Crippen molar-refractivity contribution in [2.75, 3.05) is 12.4 Å². The average molecular weight is 419 g/mol. The number of thiophene rings is 1. The van der Waals surface area contributed by atoms with Crippen LogP contribution in [0.1, 0.15) is 9.67 Å². The van der Waals surface area contributed by atoms with Crippen LogP contribution in [0.5, 0.6) is 0 Å². The van der Waals surface area contributed by atoms with E-state index in [9.17, 15) is 13.6 Å². The lowest BCUT2D eigenvalue weighted by molar-refractivity contribution is 0.0967. The first-order valence-corrected chi connectivity index (χ1v) is 9.43. The Morgan fingerprint density at radius 3 is 2.79 bits per heavy atom. The van der Waals surface area contributed by atoms with E-state index in [2.05, 4.69) is 15.7 Å². The number of benzene rings is 2. The Hall–Kier alpha value is -2.97. The van der Waals surface area contributed by atoms with Gasteiger partial charge in [0, 0.05) is 23.9 Å². The smallest absolute Gasteiger partial charge is 0.261 e. The number of nitrogens with one attached hydrogen (secondary N) is 2. The molecule has 0 radical (unpaired) electrons. The van der Waals surface area contributed by atoms with Crippen LogP contribution in [0.25, 0.3) is 16.6 Å². The van der Waals surface area contributed by atoms with E-state index >= 15 is 0 Å². The number of rotatable bonds is 4. The number of nitrogens with zero attached hydrogens (tertiary/aromatic N) is 2. The van der Waals surface area contributed by atoms with Crippen molar-refractivity contribution in [3.63, 3.8) is 0 Å². The first-order chi connectivity index (χ1) is 13.5. The Kier molecular flexibility index (Phi) is 4.74.